The number of carbonyl (C=O) groups excluding carboxylic acids is 1. The Balaban J connectivity index is 1.73. The molecule has 0 spiro atoms. The van der Waals surface area contributed by atoms with Crippen molar-refractivity contribution >= 4 is 11.5 Å². The third kappa shape index (κ3) is 4.41. The number of carbonyl (C=O) groups is 1. The highest BCUT2D eigenvalue weighted by molar-refractivity contribution is 5.94. The quantitative estimate of drug-likeness (QED) is 0.207. The van der Waals surface area contributed by atoms with Crippen molar-refractivity contribution in [1.29, 1.82) is 0 Å². The van der Waals surface area contributed by atoms with Crippen molar-refractivity contribution < 1.29 is 22.7 Å². The first-order valence-electron chi connectivity index (χ1n) is 12.3. The highest BCUT2D eigenvalue weighted by Gasteiger charge is 2.50. The monoisotopic (exact) mass is 513 g/mol. The molecule has 38 heavy (non-hydrogen) atoms. The van der Waals surface area contributed by atoms with E-state index in [4.69, 9.17) is 4.74 Å². The standard InChI is InChI=1S/C32H26F3NO2/c1-38-30(37)29-28(23-17-19-27(20-18-23)32(33,34)35)21-22-36(29)31(24-11-5-2-6-12-24,25-13-7-3-8-14-25)26-15-9-4-10-16-26/h2-21,29H,22H2,1H3. The van der Waals surface area contributed by atoms with Gasteiger partial charge in [0.05, 0.1) is 18.2 Å². The van der Waals surface area contributed by atoms with Gasteiger partial charge >= 0.3 is 12.1 Å². The molecule has 6 heteroatoms. The average molecular weight is 514 g/mol. The Morgan fingerprint density at radius 1 is 0.711 bits per heavy atom. The molecule has 192 valence electrons. The molecule has 1 atom stereocenters. The predicted molar refractivity (Wildman–Crippen MR) is 141 cm³/mol. The topological polar surface area (TPSA) is 29.5 Å². The smallest absolute Gasteiger partial charge is 0.416 e. The van der Waals surface area contributed by atoms with Gasteiger partial charge in [0.25, 0.3) is 0 Å². The van der Waals surface area contributed by atoms with Crippen LogP contribution >= 0.6 is 0 Å². The summed E-state index contributed by atoms with van der Waals surface area (Å²) in [6.07, 6.45) is -2.53. The van der Waals surface area contributed by atoms with Crippen molar-refractivity contribution in [1.82, 2.24) is 4.90 Å². The minimum atomic E-state index is -4.44. The van der Waals surface area contributed by atoms with E-state index in [1.807, 2.05) is 97.1 Å². The maximum absolute atomic E-state index is 13.5. The van der Waals surface area contributed by atoms with Gasteiger partial charge in [0, 0.05) is 6.54 Å². The van der Waals surface area contributed by atoms with E-state index >= 15 is 0 Å². The molecule has 3 nitrogen and oxygen atoms in total. The maximum Gasteiger partial charge on any atom is 0.416 e. The van der Waals surface area contributed by atoms with Gasteiger partial charge < -0.3 is 4.74 Å². The number of methoxy groups -OCH3 is 1. The van der Waals surface area contributed by atoms with Gasteiger partial charge in [-0.05, 0) is 40.0 Å². The van der Waals surface area contributed by atoms with Crippen molar-refractivity contribution in [2.24, 2.45) is 0 Å². The van der Waals surface area contributed by atoms with Crippen molar-refractivity contribution in [3.8, 4) is 0 Å². The number of halogens is 3. The van der Waals surface area contributed by atoms with Crippen LogP contribution in [-0.2, 0) is 21.2 Å². The molecule has 0 saturated heterocycles. The first-order valence-corrected chi connectivity index (χ1v) is 12.3. The summed E-state index contributed by atoms with van der Waals surface area (Å²) in [4.78, 5) is 15.6. The number of hydrogen-bond donors (Lipinski definition) is 0. The first-order chi connectivity index (χ1) is 18.4. The summed E-state index contributed by atoms with van der Waals surface area (Å²) in [7, 11) is 1.33. The molecule has 1 aliphatic rings. The van der Waals surface area contributed by atoms with Gasteiger partial charge in [0.15, 0.2) is 0 Å². The minimum absolute atomic E-state index is 0.370. The minimum Gasteiger partial charge on any atom is -0.468 e. The Kier molecular flexibility index (Phi) is 6.91. The molecule has 0 fully saturated rings. The van der Waals surface area contributed by atoms with Crippen LogP contribution in [0.3, 0.4) is 0 Å². The molecule has 1 aliphatic heterocycles. The number of esters is 1. The summed E-state index contributed by atoms with van der Waals surface area (Å²) in [6, 6.07) is 33.9. The lowest BCUT2D eigenvalue weighted by Gasteiger charge is -2.46. The molecule has 0 amide bonds. The Bertz CT molecular complexity index is 1320. The molecule has 1 unspecified atom stereocenters. The third-order valence-electron chi connectivity index (χ3n) is 7.09. The number of hydrogen-bond acceptors (Lipinski definition) is 3. The van der Waals surface area contributed by atoms with E-state index < -0.39 is 29.3 Å². The van der Waals surface area contributed by atoms with Crippen molar-refractivity contribution in [2.45, 2.75) is 17.8 Å². The number of ether oxygens (including phenoxy) is 1. The highest BCUT2D eigenvalue weighted by atomic mass is 19.4. The van der Waals surface area contributed by atoms with Crippen LogP contribution in [0, 0.1) is 0 Å². The lowest BCUT2D eigenvalue weighted by atomic mass is 9.74. The van der Waals surface area contributed by atoms with Gasteiger partial charge in [-0.2, -0.15) is 13.2 Å². The largest absolute Gasteiger partial charge is 0.468 e. The third-order valence-corrected chi connectivity index (χ3v) is 7.09. The lowest BCUT2D eigenvalue weighted by Crippen LogP contribution is -2.54. The van der Waals surface area contributed by atoms with E-state index in [1.54, 1.807) is 0 Å². The van der Waals surface area contributed by atoms with Crippen molar-refractivity contribution in [2.75, 3.05) is 13.7 Å². The van der Waals surface area contributed by atoms with E-state index in [1.165, 1.54) is 19.2 Å². The SMILES string of the molecule is COC(=O)C1C(c2ccc(C(F)(F)F)cc2)=CCN1C(c1ccccc1)(c1ccccc1)c1ccccc1. The Morgan fingerprint density at radius 2 is 1.16 bits per heavy atom. The highest BCUT2D eigenvalue weighted by Crippen LogP contribution is 2.47. The zero-order valence-electron chi connectivity index (χ0n) is 20.7. The normalized spacial score (nSPS) is 16.2. The molecule has 4 aromatic carbocycles. The van der Waals surface area contributed by atoms with Crippen LogP contribution in [0.5, 0.6) is 0 Å². The van der Waals surface area contributed by atoms with Gasteiger partial charge in [0.2, 0.25) is 0 Å². The van der Waals surface area contributed by atoms with Crippen LogP contribution in [0.25, 0.3) is 5.57 Å². The Labute approximate surface area is 219 Å². The molecule has 5 rings (SSSR count). The van der Waals surface area contributed by atoms with E-state index in [-0.39, 0.29) is 0 Å². The summed E-state index contributed by atoms with van der Waals surface area (Å²) in [6.45, 7) is 0.370. The van der Waals surface area contributed by atoms with E-state index in [0.717, 1.165) is 28.8 Å². The fourth-order valence-electron chi connectivity index (χ4n) is 5.44. The Hall–Kier alpha value is -4.16. The number of rotatable bonds is 6. The lowest BCUT2D eigenvalue weighted by molar-refractivity contribution is -0.145. The maximum atomic E-state index is 13.5. The Morgan fingerprint density at radius 3 is 1.55 bits per heavy atom. The van der Waals surface area contributed by atoms with Crippen molar-refractivity contribution in [3.05, 3.63) is 149 Å². The molecule has 4 aromatic rings. The number of alkyl halides is 3. The molecule has 0 bridgehead atoms. The summed E-state index contributed by atoms with van der Waals surface area (Å²) < 4.78 is 45.0. The second-order valence-electron chi connectivity index (χ2n) is 9.12. The van der Waals surface area contributed by atoms with Gasteiger partial charge in [0.1, 0.15) is 6.04 Å². The second-order valence-corrected chi connectivity index (χ2v) is 9.12. The van der Waals surface area contributed by atoms with Gasteiger partial charge in [-0.3, -0.25) is 4.90 Å². The van der Waals surface area contributed by atoms with Gasteiger partial charge in [-0.1, -0.05) is 109 Å². The van der Waals surface area contributed by atoms with Gasteiger partial charge in [-0.25, -0.2) is 4.79 Å². The van der Waals surface area contributed by atoms with E-state index in [2.05, 4.69) is 4.90 Å². The molecule has 0 aromatic heterocycles. The van der Waals surface area contributed by atoms with Crippen molar-refractivity contribution in [3.63, 3.8) is 0 Å². The number of nitrogens with zero attached hydrogens (tertiary/aromatic N) is 1. The molecule has 0 saturated carbocycles. The van der Waals surface area contributed by atoms with Crippen LogP contribution in [0.1, 0.15) is 27.8 Å². The summed E-state index contributed by atoms with van der Waals surface area (Å²) in [5.74, 6) is -0.485. The van der Waals surface area contributed by atoms with Crippen LogP contribution in [0.2, 0.25) is 0 Å². The summed E-state index contributed by atoms with van der Waals surface area (Å²) in [5.41, 5.74) is 2.37. The van der Waals surface area contributed by atoms with Crippen LogP contribution in [0.15, 0.2) is 121 Å². The van der Waals surface area contributed by atoms with Crippen LogP contribution < -0.4 is 0 Å². The molecule has 0 aliphatic carbocycles. The fraction of sp³-hybridized carbons (Fsp3) is 0.156. The van der Waals surface area contributed by atoms with Crippen LogP contribution in [-0.4, -0.2) is 30.6 Å². The molecular weight excluding hydrogens is 487 g/mol. The van der Waals surface area contributed by atoms with E-state index in [0.29, 0.717) is 17.7 Å². The summed E-state index contributed by atoms with van der Waals surface area (Å²) in [5, 5.41) is 0. The number of benzene rings is 4. The fourth-order valence-corrected chi connectivity index (χ4v) is 5.44. The van der Waals surface area contributed by atoms with Crippen LogP contribution in [0.4, 0.5) is 13.2 Å². The first kappa shape index (κ1) is 25.5. The molecule has 0 radical (unpaired) electrons. The zero-order valence-corrected chi connectivity index (χ0v) is 20.7. The molecule has 0 N–H and O–H groups in total. The second kappa shape index (κ2) is 10.3. The molecular formula is C32H26F3NO2. The zero-order chi connectivity index (χ0) is 26.8. The summed E-state index contributed by atoms with van der Waals surface area (Å²) >= 11 is 0. The van der Waals surface area contributed by atoms with Gasteiger partial charge in [-0.15, -0.1) is 0 Å². The van der Waals surface area contributed by atoms with E-state index in [9.17, 15) is 18.0 Å². The molecule has 1 heterocycles. The predicted octanol–water partition coefficient (Wildman–Crippen LogP) is 6.94. The average Bonchev–Trinajstić information content (AvgIpc) is 3.40.